The first-order chi connectivity index (χ1) is 12.1. The Morgan fingerprint density at radius 1 is 1.24 bits per heavy atom. The first kappa shape index (κ1) is 16.7. The predicted molar refractivity (Wildman–Crippen MR) is 103 cm³/mol. The molecule has 0 saturated heterocycles. The van der Waals surface area contributed by atoms with Crippen molar-refractivity contribution in [2.75, 3.05) is 5.75 Å². The van der Waals surface area contributed by atoms with Crippen LogP contribution in [0, 0.1) is 5.92 Å². The van der Waals surface area contributed by atoms with E-state index in [9.17, 15) is 8.42 Å². The Kier molecular flexibility index (Phi) is 4.35. The van der Waals surface area contributed by atoms with Crippen molar-refractivity contribution < 1.29 is 8.42 Å². The van der Waals surface area contributed by atoms with Crippen molar-refractivity contribution in [1.82, 2.24) is 9.71 Å². The molecular formula is C19H20N2O2S2. The van der Waals surface area contributed by atoms with Gasteiger partial charge in [0.05, 0.1) is 11.8 Å². The Balaban J connectivity index is 1.70. The third-order valence-corrected chi connectivity index (χ3v) is 7.15. The summed E-state index contributed by atoms with van der Waals surface area (Å²) in [6, 6.07) is 12.4. The van der Waals surface area contributed by atoms with E-state index in [4.69, 9.17) is 0 Å². The van der Waals surface area contributed by atoms with E-state index in [0.29, 0.717) is 5.92 Å². The van der Waals surface area contributed by atoms with Crippen LogP contribution in [0.4, 0.5) is 0 Å². The van der Waals surface area contributed by atoms with Crippen LogP contribution in [0.5, 0.6) is 0 Å². The molecule has 1 aliphatic rings. The fourth-order valence-corrected chi connectivity index (χ4v) is 4.96. The summed E-state index contributed by atoms with van der Waals surface area (Å²) in [7, 11) is -3.25. The number of fused-ring (bicyclic) bond motifs is 1. The summed E-state index contributed by atoms with van der Waals surface area (Å²) in [6.45, 7) is 1.66. The summed E-state index contributed by atoms with van der Waals surface area (Å²) in [6.07, 6.45) is 5.76. The average molecular weight is 373 g/mol. The second-order valence-electron chi connectivity index (χ2n) is 6.49. The third kappa shape index (κ3) is 3.61. The number of benzene rings is 1. The molecule has 0 spiro atoms. The predicted octanol–water partition coefficient (Wildman–Crippen LogP) is 4.35. The summed E-state index contributed by atoms with van der Waals surface area (Å²) in [5.41, 5.74) is 1.99. The first-order valence-electron chi connectivity index (χ1n) is 8.49. The van der Waals surface area contributed by atoms with E-state index in [1.165, 1.54) is 10.1 Å². The number of thiophene rings is 1. The molecule has 0 amide bonds. The van der Waals surface area contributed by atoms with Crippen molar-refractivity contribution in [1.29, 1.82) is 0 Å². The molecule has 1 aromatic carbocycles. The van der Waals surface area contributed by atoms with Crippen LogP contribution in [0.2, 0.25) is 0 Å². The molecule has 0 bridgehead atoms. The van der Waals surface area contributed by atoms with Crippen LogP contribution >= 0.6 is 11.3 Å². The number of hydrogen-bond acceptors (Lipinski definition) is 4. The maximum atomic E-state index is 12.1. The Labute approximate surface area is 152 Å². The van der Waals surface area contributed by atoms with Crippen LogP contribution in [-0.4, -0.2) is 19.2 Å². The van der Waals surface area contributed by atoms with E-state index in [1.807, 2.05) is 18.3 Å². The maximum absolute atomic E-state index is 12.1. The smallest absolute Gasteiger partial charge is 0.211 e. The third-order valence-electron chi connectivity index (χ3n) is 4.61. The van der Waals surface area contributed by atoms with Gasteiger partial charge >= 0.3 is 0 Å². The van der Waals surface area contributed by atoms with Gasteiger partial charge in [-0.2, -0.15) is 0 Å². The molecule has 0 aliphatic heterocycles. The molecule has 25 heavy (non-hydrogen) atoms. The zero-order chi connectivity index (χ0) is 17.4. The van der Waals surface area contributed by atoms with Crippen LogP contribution in [0.15, 0.2) is 48.8 Å². The lowest BCUT2D eigenvalue weighted by Crippen LogP contribution is -2.31. The quantitative estimate of drug-likeness (QED) is 0.700. The van der Waals surface area contributed by atoms with Gasteiger partial charge in [0.2, 0.25) is 10.0 Å². The number of nitrogens with one attached hydrogen (secondary N) is 1. The molecule has 6 heteroatoms. The van der Waals surface area contributed by atoms with Crippen molar-refractivity contribution in [3.63, 3.8) is 0 Å². The van der Waals surface area contributed by atoms with E-state index in [0.717, 1.165) is 28.8 Å². The Morgan fingerprint density at radius 3 is 2.76 bits per heavy atom. The second-order valence-corrected chi connectivity index (χ2v) is 9.62. The normalized spacial score (nSPS) is 16.2. The van der Waals surface area contributed by atoms with Gasteiger partial charge in [0.25, 0.3) is 0 Å². The summed E-state index contributed by atoms with van der Waals surface area (Å²) < 4.78 is 28.2. The van der Waals surface area contributed by atoms with Crippen molar-refractivity contribution in [3.05, 3.63) is 54.4 Å². The van der Waals surface area contributed by atoms with Gasteiger partial charge in [-0.1, -0.05) is 18.2 Å². The topological polar surface area (TPSA) is 59.1 Å². The Bertz CT molecular complexity index is 974. The molecule has 1 aliphatic carbocycles. The lowest BCUT2D eigenvalue weighted by atomic mass is 10.0. The van der Waals surface area contributed by atoms with Gasteiger partial charge in [-0.25, -0.2) is 13.1 Å². The average Bonchev–Trinajstić information content (AvgIpc) is 3.37. The van der Waals surface area contributed by atoms with Gasteiger partial charge in [0.1, 0.15) is 0 Å². The monoisotopic (exact) mass is 372 g/mol. The number of aromatic nitrogens is 1. The van der Waals surface area contributed by atoms with Crippen LogP contribution in [0.1, 0.15) is 31.4 Å². The Hall–Kier alpha value is -1.76. The molecule has 4 rings (SSSR count). The molecule has 1 fully saturated rings. The van der Waals surface area contributed by atoms with Gasteiger partial charge in [0, 0.05) is 27.5 Å². The summed E-state index contributed by atoms with van der Waals surface area (Å²) in [5.74, 6) is 0.473. The van der Waals surface area contributed by atoms with E-state index >= 15 is 0 Å². The van der Waals surface area contributed by atoms with Gasteiger partial charge in [-0.15, -0.1) is 11.3 Å². The minimum Gasteiger partial charge on any atom is -0.264 e. The van der Waals surface area contributed by atoms with Crippen molar-refractivity contribution in [3.8, 4) is 10.4 Å². The number of rotatable bonds is 6. The summed E-state index contributed by atoms with van der Waals surface area (Å²) in [4.78, 5) is 5.55. The van der Waals surface area contributed by atoms with Gasteiger partial charge in [-0.05, 0) is 54.8 Å². The molecule has 1 N–H and O–H groups in total. The first-order valence-corrected chi connectivity index (χ1v) is 11.0. The SMILES string of the molecule is CCS(=O)(=O)NC(c1cncc(-c2cc3ccccc3s2)c1)C1CC1. The van der Waals surface area contributed by atoms with Gasteiger partial charge < -0.3 is 0 Å². The second kappa shape index (κ2) is 6.52. The number of pyridine rings is 1. The molecular weight excluding hydrogens is 352 g/mol. The molecule has 1 atom stereocenters. The van der Waals surface area contributed by atoms with E-state index in [1.54, 1.807) is 24.5 Å². The van der Waals surface area contributed by atoms with E-state index in [-0.39, 0.29) is 11.8 Å². The number of nitrogens with zero attached hydrogens (tertiary/aromatic N) is 1. The molecule has 2 heterocycles. The molecule has 130 valence electrons. The zero-order valence-electron chi connectivity index (χ0n) is 14.0. The fraction of sp³-hybridized carbons (Fsp3) is 0.316. The minimum atomic E-state index is -3.25. The van der Waals surface area contributed by atoms with Crippen LogP contribution in [0.25, 0.3) is 20.5 Å². The lowest BCUT2D eigenvalue weighted by Gasteiger charge is -2.18. The van der Waals surface area contributed by atoms with Gasteiger partial charge in [0.15, 0.2) is 0 Å². The maximum Gasteiger partial charge on any atom is 0.211 e. The fourth-order valence-electron chi connectivity index (χ4n) is 3.03. The summed E-state index contributed by atoms with van der Waals surface area (Å²) >= 11 is 1.73. The highest BCUT2D eigenvalue weighted by Gasteiger charge is 2.35. The number of hydrogen-bond donors (Lipinski definition) is 1. The van der Waals surface area contributed by atoms with Gasteiger partial charge in [-0.3, -0.25) is 4.98 Å². The van der Waals surface area contributed by atoms with Crippen molar-refractivity contribution in [2.45, 2.75) is 25.8 Å². The highest BCUT2D eigenvalue weighted by atomic mass is 32.2. The molecule has 4 nitrogen and oxygen atoms in total. The van der Waals surface area contributed by atoms with Crippen molar-refractivity contribution >= 4 is 31.4 Å². The van der Waals surface area contributed by atoms with Crippen LogP contribution in [0.3, 0.4) is 0 Å². The largest absolute Gasteiger partial charge is 0.264 e. The standard InChI is InChI=1S/C19H20N2O2S2/c1-2-25(22,23)21-19(13-7-8-13)16-9-15(11-20-12-16)18-10-14-5-3-4-6-17(14)24-18/h3-6,9-13,19,21H,2,7-8H2,1H3. The number of sulfonamides is 1. The van der Waals surface area contributed by atoms with Crippen LogP contribution < -0.4 is 4.72 Å². The zero-order valence-corrected chi connectivity index (χ0v) is 15.6. The molecule has 3 aromatic rings. The highest BCUT2D eigenvalue weighted by Crippen LogP contribution is 2.42. The molecule has 2 aromatic heterocycles. The van der Waals surface area contributed by atoms with E-state index in [2.05, 4.69) is 34.0 Å². The highest BCUT2D eigenvalue weighted by molar-refractivity contribution is 7.89. The molecule has 0 radical (unpaired) electrons. The van der Waals surface area contributed by atoms with Crippen molar-refractivity contribution in [2.24, 2.45) is 5.92 Å². The Morgan fingerprint density at radius 2 is 2.04 bits per heavy atom. The summed E-state index contributed by atoms with van der Waals surface area (Å²) in [5, 5.41) is 1.22. The molecule has 1 saturated carbocycles. The minimum absolute atomic E-state index is 0.0969. The lowest BCUT2D eigenvalue weighted by molar-refractivity contribution is 0.529. The van der Waals surface area contributed by atoms with E-state index < -0.39 is 10.0 Å². The molecule has 1 unspecified atom stereocenters. The van der Waals surface area contributed by atoms with Crippen LogP contribution in [-0.2, 0) is 10.0 Å².